The van der Waals surface area contributed by atoms with E-state index in [-0.39, 0.29) is 97.9 Å². The molecule has 16 N–H and O–H groups in total. The lowest BCUT2D eigenvalue weighted by Crippen LogP contribution is -2.61. The van der Waals surface area contributed by atoms with Crippen LogP contribution in [0.3, 0.4) is 0 Å². The quantitative estimate of drug-likeness (QED) is 0.0140. The van der Waals surface area contributed by atoms with Crippen LogP contribution in [-0.2, 0) is 82.1 Å². The minimum absolute atomic E-state index is 0.0223. The first-order valence-electron chi connectivity index (χ1n) is 32.5. The lowest BCUT2D eigenvalue weighted by atomic mass is 9.72. The highest BCUT2D eigenvalue weighted by molar-refractivity contribution is 7.86. The highest BCUT2D eigenvalue weighted by atomic mass is 32.2. The second-order valence-corrected chi connectivity index (χ2v) is 27.0. The topological polar surface area (TPSA) is 514 Å². The number of nitrogens with one attached hydrogen (secondary N) is 7. The molecule has 2 saturated heterocycles. The van der Waals surface area contributed by atoms with Crippen molar-refractivity contribution in [2.75, 3.05) is 45.7 Å². The number of hydrogen-bond acceptors (Lipinski definition) is 23. The number of carbonyl (C=O) groups excluding carboxylic acids is 11. The van der Waals surface area contributed by atoms with Crippen LogP contribution < -0.4 is 47.7 Å². The fourth-order valence-electron chi connectivity index (χ4n) is 12.7. The van der Waals surface area contributed by atoms with E-state index in [9.17, 15) is 96.3 Å². The molecule has 0 spiro atoms. The molecule has 9 amide bonds. The van der Waals surface area contributed by atoms with Crippen molar-refractivity contribution in [3.63, 3.8) is 0 Å². The van der Waals surface area contributed by atoms with Gasteiger partial charge in [0, 0.05) is 55.5 Å². The molecule has 2 fully saturated rings. The molecule has 101 heavy (non-hydrogen) atoms. The SMILES string of the molecule is COc1cccc2c1C(=O)c1c(O)c3c(c(O)c1C2=O)C[C@@](O)(C(=O)CO)C[C@@H]3O[C@H]1C[C@H](NC(=O)[C@H](CC(C)C)NC(=O)[C@H](Cc2ccc(O)cc2)NC(=O)[C@H](COCc2ccccc2)NC(=O)CNC(=O)[C@H](CCCNC(N)=O)NC(=O)[C@@H]2CCCN2C(=O)CS(=O)(=O)O)[C@H](O)[C@H](C)O1. The molecule has 0 saturated carbocycles. The summed E-state index contributed by atoms with van der Waals surface area (Å²) in [4.78, 5) is 152. The first-order valence-corrected chi connectivity index (χ1v) is 34.1. The van der Waals surface area contributed by atoms with Crippen LogP contribution in [0.25, 0.3) is 0 Å². The summed E-state index contributed by atoms with van der Waals surface area (Å²) in [6.45, 7) is 2.13. The number of benzene rings is 4. The summed E-state index contributed by atoms with van der Waals surface area (Å²) in [5.41, 5.74) is 1.38. The Hall–Kier alpha value is -9.68. The average Bonchev–Trinajstić information content (AvgIpc) is 1.10. The van der Waals surface area contributed by atoms with Gasteiger partial charge < -0.3 is 97.4 Å². The summed E-state index contributed by atoms with van der Waals surface area (Å²) < 4.78 is 56.0. The molecule has 0 bridgehead atoms. The number of nitrogens with two attached hydrogens (primary N) is 1. The van der Waals surface area contributed by atoms with Crippen molar-refractivity contribution in [3.8, 4) is 23.0 Å². The van der Waals surface area contributed by atoms with Crippen LogP contribution in [-0.4, -0.2) is 219 Å². The average molecular weight is 1430 g/mol. The zero-order valence-electron chi connectivity index (χ0n) is 55.6. The molecule has 34 heteroatoms. The number of phenols is 3. The smallest absolute Gasteiger partial charge is 0.312 e. The van der Waals surface area contributed by atoms with Crippen LogP contribution in [0, 0.1) is 5.92 Å². The van der Waals surface area contributed by atoms with Gasteiger partial charge in [0.2, 0.25) is 47.1 Å². The second kappa shape index (κ2) is 33.7. The molecule has 546 valence electrons. The highest BCUT2D eigenvalue weighted by Gasteiger charge is 2.51. The highest BCUT2D eigenvalue weighted by Crippen LogP contribution is 2.53. The fourth-order valence-corrected chi connectivity index (χ4v) is 13.2. The standard InChI is InChI=1S/C67H83N9O24S/c1-33(2)23-42(62(88)73-41-25-51(99-34(3)56(41)82)100-47-27-67(93,48(79)29-77)26-39-53(47)60(86)55-54(58(39)84)57(83)38-13-8-16-46(97-4)52(38)59(55)85)74-63(89)43(24-35-17-19-37(78)20-18-35)75-64(90)44(31-98-30-36-11-6-5-7-12-36)71-49(80)28-70-61(87)40(14-9-21-69-66(68)92)72-65(91)45-15-10-22-76(45)50(81)32-101(94,95)96/h5-8,11-13,16-20,33-34,40-45,47,51,56,77-78,82,84,86,93H,9-10,14-15,21-32H2,1-4H3,(H,70,87)(H,71,80)(H,72,91)(H,73,88)(H,74,89)(H,75,90)(H3,68,69,92)(H,94,95,96)/t34-,40-,41-,42-,43-,44-,45-,47-,51-,56+,67-/m0/s1. The van der Waals surface area contributed by atoms with E-state index in [0.717, 1.165) is 4.90 Å². The number of Topliss-reactive ketones (excluding diaryl/α,β-unsaturated/α-hetero) is 1. The number of methoxy groups -OCH3 is 1. The van der Waals surface area contributed by atoms with Gasteiger partial charge in [0.05, 0.1) is 61.8 Å². The number of rotatable bonds is 31. The second-order valence-electron chi connectivity index (χ2n) is 25.5. The number of carbonyl (C=O) groups is 11. The maximum atomic E-state index is 14.8. The monoisotopic (exact) mass is 1430 g/mol. The van der Waals surface area contributed by atoms with E-state index < -0.39 is 209 Å². The zero-order valence-corrected chi connectivity index (χ0v) is 56.4. The number of aromatic hydroxyl groups is 3. The number of fused-ring (bicyclic) bond motifs is 3. The van der Waals surface area contributed by atoms with Crippen molar-refractivity contribution in [1.82, 2.24) is 42.1 Å². The van der Waals surface area contributed by atoms with Crippen LogP contribution in [0.1, 0.15) is 126 Å². The number of primary amides is 1. The molecule has 0 unspecified atom stereocenters. The molecule has 0 aromatic heterocycles. The van der Waals surface area contributed by atoms with E-state index in [1.54, 1.807) is 44.2 Å². The van der Waals surface area contributed by atoms with Crippen LogP contribution in [0.4, 0.5) is 4.79 Å². The maximum absolute atomic E-state index is 14.8. The van der Waals surface area contributed by atoms with E-state index in [0.29, 0.717) is 11.1 Å². The third-order valence-corrected chi connectivity index (χ3v) is 18.3. The normalized spacial score (nSPS) is 21.3. The van der Waals surface area contributed by atoms with Crippen LogP contribution in [0.15, 0.2) is 72.8 Å². The maximum Gasteiger partial charge on any atom is 0.312 e. The van der Waals surface area contributed by atoms with Gasteiger partial charge in [-0.15, -0.1) is 0 Å². The van der Waals surface area contributed by atoms with Gasteiger partial charge in [-0.05, 0) is 74.3 Å². The fraction of sp³-hybridized carbons (Fsp3) is 0.478. The van der Waals surface area contributed by atoms with Gasteiger partial charge in [0.15, 0.2) is 23.6 Å². The predicted octanol–water partition coefficient (Wildman–Crippen LogP) is -1.25. The Labute approximate surface area is 579 Å². The Morgan fingerprint density at radius 3 is 2.14 bits per heavy atom. The molecule has 4 aliphatic rings. The number of nitrogens with zero attached hydrogens (tertiary/aromatic N) is 1. The Balaban J connectivity index is 1.00. The van der Waals surface area contributed by atoms with E-state index in [4.69, 9.17) is 24.7 Å². The summed E-state index contributed by atoms with van der Waals surface area (Å²) in [7, 11) is -3.51. The van der Waals surface area contributed by atoms with Gasteiger partial charge in [-0.1, -0.05) is 68.4 Å². The van der Waals surface area contributed by atoms with Gasteiger partial charge in [0.25, 0.3) is 10.1 Å². The van der Waals surface area contributed by atoms with Crippen molar-refractivity contribution in [2.45, 2.75) is 152 Å². The molecule has 11 atom stereocenters. The first-order chi connectivity index (χ1) is 47.8. The predicted molar refractivity (Wildman–Crippen MR) is 352 cm³/mol. The van der Waals surface area contributed by atoms with Crippen LogP contribution >= 0.6 is 0 Å². The molecule has 4 aromatic rings. The summed E-state index contributed by atoms with van der Waals surface area (Å²) in [5, 5.41) is 85.5. The Kier molecular flexibility index (Phi) is 25.7. The summed E-state index contributed by atoms with van der Waals surface area (Å²) in [5.74, 6) is -13.2. The van der Waals surface area contributed by atoms with E-state index in [1.807, 2.05) is 0 Å². The van der Waals surface area contributed by atoms with E-state index in [2.05, 4.69) is 37.2 Å². The molecule has 33 nitrogen and oxygen atoms in total. The number of hydrogen-bond donors (Lipinski definition) is 15. The molecule has 4 aromatic carbocycles. The van der Waals surface area contributed by atoms with Gasteiger partial charge in [-0.2, -0.15) is 8.42 Å². The molecule has 2 aliphatic heterocycles. The lowest BCUT2D eigenvalue weighted by molar-refractivity contribution is -0.249. The number of likely N-dealkylation sites (tertiary alicyclic amines) is 1. The Morgan fingerprint density at radius 2 is 1.48 bits per heavy atom. The van der Waals surface area contributed by atoms with E-state index >= 15 is 0 Å². The van der Waals surface area contributed by atoms with E-state index in [1.165, 1.54) is 56.5 Å². The molecule has 2 heterocycles. The van der Waals surface area contributed by atoms with Crippen molar-refractivity contribution in [1.29, 1.82) is 0 Å². The number of phenolic OH excluding ortho intramolecular Hbond substituents is 3. The molecule has 0 radical (unpaired) electrons. The number of aliphatic hydroxyl groups is 3. The first kappa shape index (κ1) is 77.1. The van der Waals surface area contributed by atoms with Crippen molar-refractivity contribution in [2.24, 2.45) is 11.7 Å². The number of urea groups is 1. The van der Waals surface area contributed by atoms with Gasteiger partial charge >= 0.3 is 6.03 Å². The van der Waals surface area contributed by atoms with Gasteiger partial charge in [-0.25, -0.2) is 4.79 Å². The number of ketones is 3. The molecular weight excluding hydrogens is 1350 g/mol. The molecule has 8 rings (SSSR count). The zero-order chi connectivity index (χ0) is 73.8. The third kappa shape index (κ3) is 19.2. The van der Waals surface area contributed by atoms with Gasteiger partial charge in [0.1, 0.15) is 71.5 Å². The summed E-state index contributed by atoms with van der Waals surface area (Å²) >= 11 is 0. The van der Waals surface area contributed by atoms with Gasteiger partial charge in [-0.3, -0.25) is 52.5 Å². The summed E-state index contributed by atoms with van der Waals surface area (Å²) in [6.07, 6.45) is -7.90. The van der Waals surface area contributed by atoms with Crippen LogP contribution in [0.5, 0.6) is 23.0 Å². The molecular formula is C67H83N9O24S. The number of ether oxygens (including phenoxy) is 4. The third-order valence-electron chi connectivity index (χ3n) is 17.7. The Morgan fingerprint density at radius 1 is 0.792 bits per heavy atom. The van der Waals surface area contributed by atoms with Crippen molar-refractivity contribution < 1.29 is 115 Å². The van der Waals surface area contributed by atoms with Crippen molar-refractivity contribution >= 4 is 74.8 Å². The number of aliphatic hydroxyl groups excluding tert-OH is 2. The van der Waals surface area contributed by atoms with Crippen molar-refractivity contribution in [3.05, 3.63) is 117 Å². The Bertz CT molecular complexity index is 3920. The molecule has 2 aliphatic carbocycles. The minimum Gasteiger partial charge on any atom is -0.508 e. The minimum atomic E-state index is -4.77. The lowest BCUT2D eigenvalue weighted by Gasteiger charge is -2.43. The largest absolute Gasteiger partial charge is 0.508 e. The summed E-state index contributed by atoms with van der Waals surface area (Å²) in [6, 6.07) is 8.87. The van der Waals surface area contributed by atoms with Crippen LogP contribution in [0.2, 0.25) is 0 Å². The number of amides is 9.